The van der Waals surface area contributed by atoms with Crippen LogP contribution in [0.25, 0.3) is 0 Å². The second kappa shape index (κ2) is 8.03. The molecule has 0 aromatic heterocycles. The quantitative estimate of drug-likeness (QED) is 0.775. The van der Waals surface area contributed by atoms with Gasteiger partial charge in [0.1, 0.15) is 11.5 Å². The average Bonchev–Trinajstić information content (AvgIpc) is 3.07. The van der Waals surface area contributed by atoms with Gasteiger partial charge in [0, 0.05) is 19.2 Å². The molecule has 0 radical (unpaired) electrons. The number of alkyl halides is 3. The molecule has 1 aromatic carbocycles. The molecule has 1 saturated heterocycles. The van der Waals surface area contributed by atoms with Gasteiger partial charge in [0.15, 0.2) is 0 Å². The maximum atomic E-state index is 13.1. The molecule has 0 saturated carbocycles. The molecule has 150 valence electrons. The van der Waals surface area contributed by atoms with Gasteiger partial charge in [-0.25, -0.2) is 0 Å². The Balaban J connectivity index is 2.15. The first kappa shape index (κ1) is 20.8. The molecule has 2 N–H and O–H groups in total. The predicted molar refractivity (Wildman–Crippen MR) is 89.9 cm³/mol. The molecular weight excluding hydrogens is 369 g/mol. The van der Waals surface area contributed by atoms with Gasteiger partial charge in [0.2, 0.25) is 5.91 Å². The van der Waals surface area contributed by atoms with Crippen LogP contribution in [-0.2, 0) is 9.59 Å². The van der Waals surface area contributed by atoms with Crippen LogP contribution >= 0.6 is 0 Å². The highest BCUT2D eigenvalue weighted by atomic mass is 19.4. The van der Waals surface area contributed by atoms with E-state index in [0.717, 1.165) is 0 Å². The van der Waals surface area contributed by atoms with Gasteiger partial charge in [0.25, 0.3) is 0 Å². The van der Waals surface area contributed by atoms with Gasteiger partial charge < -0.3 is 19.9 Å². The molecule has 7 nitrogen and oxygen atoms in total. The minimum Gasteiger partial charge on any atom is -0.497 e. The summed E-state index contributed by atoms with van der Waals surface area (Å²) in [7, 11) is 2.86. The number of carboxylic acid groups (broad SMARTS) is 1. The van der Waals surface area contributed by atoms with Crippen molar-refractivity contribution in [2.24, 2.45) is 11.8 Å². The van der Waals surface area contributed by atoms with Crippen LogP contribution in [0.1, 0.15) is 6.92 Å². The van der Waals surface area contributed by atoms with Gasteiger partial charge in [0.05, 0.1) is 37.8 Å². The van der Waals surface area contributed by atoms with E-state index in [1.807, 2.05) is 0 Å². The third-order valence-corrected chi connectivity index (χ3v) is 4.68. The van der Waals surface area contributed by atoms with E-state index in [2.05, 4.69) is 5.32 Å². The largest absolute Gasteiger partial charge is 0.497 e. The first-order valence-corrected chi connectivity index (χ1v) is 8.15. The SMILES string of the molecule is COc1ccc(OC)c(NC(=O)C(C)N2C[C@@H](C(F)(F)F)[C@H](C(=O)O)C2)c1. The van der Waals surface area contributed by atoms with Gasteiger partial charge in [-0.15, -0.1) is 0 Å². The normalized spacial score (nSPS) is 21.6. The molecule has 2 rings (SSSR count). The molecule has 1 unspecified atom stereocenters. The number of hydrogen-bond acceptors (Lipinski definition) is 5. The fourth-order valence-electron chi connectivity index (χ4n) is 3.05. The number of methoxy groups -OCH3 is 2. The summed E-state index contributed by atoms with van der Waals surface area (Å²) < 4.78 is 49.6. The zero-order valence-corrected chi connectivity index (χ0v) is 15.0. The first-order valence-electron chi connectivity index (χ1n) is 8.15. The van der Waals surface area contributed by atoms with E-state index >= 15 is 0 Å². The first-order chi connectivity index (χ1) is 12.6. The van der Waals surface area contributed by atoms with Gasteiger partial charge >= 0.3 is 12.1 Å². The third-order valence-electron chi connectivity index (χ3n) is 4.68. The highest BCUT2D eigenvalue weighted by Crippen LogP contribution is 2.38. The Kier molecular flexibility index (Phi) is 6.19. The lowest BCUT2D eigenvalue weighted by atomic mass is 9.96. The van der Waals surface area contributed by atoms with Gasteiger partial charge in [-0.05, 0) is 19.1 Å². The van der Waals surface area contributed by atoms with Crippen LogP contribution in [0.3, 0.4) is 0 Å². The van der Waals surface area contributed by atoms with Crippen molar-refractivity contribution >= 4 is 17.6 Å². The summed E-state index contributed by atoms with van der Waals surface area (Å²) in [5.74, 6) is -4.91. The fraction of sp³-hybridized carbons (Fsp3) is 0.529. The Morgan fingerprint density at radius 3 is 2.41 bits per heavy atom. The lowest BCUT2D eigenvalue weighted by molar-refractivity contribution is -0.188. The third kappa shape index (κ3) is 4.62. The average molecular weight is 390 g/mol. The number of likely N-dealkylation sites (tertiary alicyclic amines) is 1. The molecule has 10 heteroatoms. The predicted octanol–water partition coefficient (Wildman–Crippen LogP) is 2.23. The van der Waals surface area contributed by atoms with E-state index in [1.54, 1.807) is 12.1 Å². The topological polar surface area (TPSA) is 88.1 Å². The Morgan fingerprint density at radius 2 is 1.93 bits per heavy atom. The number of benzene rings is 1. The standard InChI is InChI=1S/C17H21F3N2O5/c1-9(22-7-11(16(24)25)12(8-22)17(18,19)20)15(23)21-13-6-10(26-2)4-5-14(13)27-3/h4-6,9,11-12H,7-8H2,1-3H3,(H,21,23)(H,24,25)/t9?,11-,12-/m1/s1. The number of anilines is 1. The maximum absolute atomic E-state index is 13.1. The Hall–Kier alpha value is -2.49. The van der Waals surface area contributed by atoms with Crippen LogP contribution in [0.2, 0.25) is 0 Å². The van der Waals surface area contributed by atoms with Crippen molar-refractivity contribution in [1.29, 1.82) is 0 Å². The van der Waals surface area contributed by atoms with Crippen LogP contribution < -0.4 is 14.8 Å². The zero-order chi connectivity index (χ0) is 20.4. The van der Waals surface area contributed by atoms with Crippen molar-refractivity contribution in [2.75, 3.05) is 32.6 Å². The molecular formula is C17H21F3N2O5. The second-order valence-corrected chi connectivity index (χ2v) is 6.28. The molecule has 3 atom stereocenters. The Bertz CT molecular complexity index is 710. The number of carbonyl (C=O) groups excluding carboxylic acids is 1. The summed E-state index contributed by atoms with van der Waals surface area (Å²) in [4.78, 5) is 24.9. The molecule has 1 aliphatic rings. The number of amides is 1. The van der Waals surface area contributed by atoms with Crippen molar-refractivity contribution < 1.29 is 37.3 Å². The number of rotatable bonds is 6. The molecule has 0 spiro atoms. The maximum Gasteiger partial charge on any atom is 0.393 e. The van der Waals surface area contributed by atoms with E-state index in [0.29, 0.717) is 17.2 Å². The zero-order valence-electron chi connectivity index (χ0n) is 15.0. The lowest BCUT2D eigenvalue weighted by Crippen LogP contribution is -2.41. The summed E-state index contributed by atoms with van der Waals surface area (Å²) in [6, 6.07) is 3.76. The minimum absolute atomic E-state index is 0.301. The molecule has 1 fully saturated rings. The van der Waals surface area contributed by atoms with Crippen molar-refractivity contribution in [3.63, 3.8) is 0 Å². The number of nitrogens with one attached hydrogen (secondary N) is 1. The molecule has 0 aliphatic carbocycles. The number of ether oxygens (including phenoxy) is 2. The summed E-state index contributed by atoms with van der Waals surface area (Å²) in [6.07, 6.45) is -4.65. The van der Waals surface area contributed by atoms with E-state index in [1.165, 1.54) is 32.1 Å². The monoisotopic (exact) mass is 390 g/mol. The molecule has 0 bridgehead atoms. The fourth-order valence-corrected chi connectivity index (χ4v) is 3.05. The minimum atomic E-state index is -4.65. The van der Waals surface area contributed by atoms with Gasteiger partial charge in [-0.3, -0.25) is 14.5 Å². The number of carboxylic acids is 1. The molecule has 27 heavy (non-hydrogen) atoms. The van der Waals surface area contributed by atoms with Crippen LogP contribution in [-0.4, -0.2) is 61.4 Å². The highest BCUT2D eigenvalue weighted by Gasteiger charge is 2.53. The molecule has 1 aliphatic heterocycles. The number of aliphatic carboxylic acids is 1. The second-order valence-electron chi connectivity index (χ2n) is 6.28. The van der Waals surface area contributed by atoms with Crippen LogP contribution in [0.15, 0.2) is 18.2 Å². The Labute approximate surface area is 154 Å². The van der Waals surface area contributed by atoms with Crippen molar-refractivity contribution in [2.45, 2.75) is 19.1 Å². The van der Waals surface area contributed by atoms with E-state index in [-0.39, 0.29) is 6.54 Å². The van der Waals surface area contributed by atoms with E-state index < -0.39 is 42.5 Å². The van der Waals surface area contributed by atoms with Crippen molar-refractivity contribution in [1.82, 2.24) is 4.90 Å². The number of halogens is 3. The van der Waals surface area contributed by atoms with Gasteiger partial charge in [-0.1, -0.05) is 0 Å². The van der Waals surface area contributed by atoms with E-state index in [4.69, 9.17) is 14.6 Å². The van der Waals surface area contributed by atoms with Crippen molar-refractivity contribution in [3.8, 4) is 11.5 Å². The summed E-state index contributed by atoms with van der Waals surface area (Å²) in [5, 5.41) is 11.7. The number of hydrogen-bond donors (Lipinski definition) is 2. The van der Waals surface area contributed by atoms with Gasteiger partial charge in [-0.2, -0.15) is 13.2 Å². The number of carbonyl (C=O) groups is 2. The van der Waals surface area contributed by atoms with Crippen LogP contribution in [0, 0.1) is 11.8 Å². The summed E-state index contributed by atoms with van der Waals surface area (Å²) in [5.41, 5.74) is 0.301. The highest BCUT2D eigenvalue weighted by molar-refractivity contribution is 5.96. The summed E-state index contributed by atoms with van der Waals surface area (Å²) in [6.45, 7) is 0.521. The molecule has 1 aromatic rings. The van der Waals surface area contributed by atoms with Crippen LogP contribution in [0.5, 0.6) is 11.5 Å². The van der Waals surface area contributed by atoms with Crippen molar-refractivity contribution in [3.05, 3.63) is 18.2 Å². The Morgan fingerprint density at radius 1 is 1.26 bits per heavy atom. The number of nitrogens with zero attached hydrogens (tertiary/aromatic N) is 1. The van der Waals surface area contributed by atoms with Crippen LogP contribution in [0.4, 0.5) is 18.9 Å². The lowest BCUT2D eigenvalue weighted by Gasteiger charge is -2.24. The smallest absolute Gasteiger partial charge is 0.393 e. The molecule has 1 amide bonds. The van der Waals surface area contributed by atoms with E-state index in [9.17, 15) is 22.8 Å². The summed E-state index contributed by atoms with van der Waals surface area (Å²) >= 11 is 0. The molecule has 1 heterocycles.